The lowest BCUT2D eigenvalue weighted by molar-refractivity contribution is 0.0698. The summed E-state index contributed by atoms with van der Waals surface area (Å²) in [5, 5.41) is 12.3. The third-order valence-electron chi connectivity index (χ3n) is 2.44. The van der Waals surface area contributed by atoms with E-state index < -0.39 is 5.97 Å². The number of hydrogen-bond acceptors (Lipinski definition) is 3. The van der Waals surface area contributed by atoms with Crippen LogP contribution in [0.1, 0.15) is 36.7 Å². The number of nitrogen functional groups attached to an aromatic ring is 1. The van der Waals surface area contributed by atoms with Crippen LogP contribution in [0.25, 0.3) is 0 Å². The number of rotatable bonds is 3. The van der Waals surface area contributed by atoms with E-state index in [2.05, 4.69) is 26.1 Å². The molecule has 1 aromatic rings. The van der Waals surface area contributed by atoms with Crippen molar-refractivity contribution in [2.24, 2.45) is 5.41 Å². The molecule has 0 saturated heterocycles. The number of nitrogens with one attached hydrogen (secondary N) is 1. The number of carboxylic acid groups (broad SMARTS) is 1. The van der Waals surface area contributed by atoms with Crippen molar-refractivity contribution in [3.8, 4) is 0 Å². The molecule has 0 spiro atoms. The van der Waals surface area contributed by atoms with Crippen LogP contribution in [0, 0.1) is 12.3 Å². The molecule has 0 aliphatic carbocycles. The predicted molar refractivity (Wildman–Crippen MR) is 70.5 cm³/mol. The van der Waals surface area contributed by atoms with E-state index in [0.717, 1.165) is 17.8 Å². The van der Waals surface area contributed by atoms with Gasteiger partial charge in [-0.15, -0.1) is 0 Å². The number of nitrogens with two attached hydrogens (primary N) is 1. The summed E-state index contributed by atoms with van der Waals surface area (Å²) in [5.74, 6) is -0.995. The van der Waals surface area contributed by atoms with E-state index in [1.54, 1.807) is 6.07 Å². The van der Waals surface area contributed by atoms with E-state index in [4.69, 9.17) is 10.8 Å². The van der Waals surface area contributed by atoms with Crippen LogP contribution in [-0.2, 0) is 0 Å². The summed E-state index contributed by atoms with van der Waals surface area (Å²) in [4.78, 5) is 11.0. The Hall–Kier alpha value is -1.71. The fraction of sp³-hybridized carbons (Fsp3) is 0.462. The van der Waals surface area contributed by atoms with Crippen LogP contribution in [0.3, 0.4) is 0 Å². The SMILES string of the molecule is Cc1cc(NCC(C)(C)C)cc(C(=O)O)c1N. The van der Waals surface area contributed by atoms with Crippen molar-refractivity contribution in [1.29, 1.82) is 0 Å². The lowest BCUT2D eigenvalue weighted by Crippen LogP contribution is -2.19. The predicted octanol–water partition coefficient (Wildman–Crippen LogP) is 2.73. The van der Waals surface area contributed by atoms with E-state index in [0.29, 0.717) is 5.69 Å². The van der Waals surface area contributed by atoms with Crippen molar-refractivity contribution in [3.63, 3.8) is 0 Å². The number of anilines is 2. The molecule has 0 amide bonds. The number of aromatic carboxylic acids is 1. The largest absolute Gasteiger partial charge is 0.478 e. The Morgan fingerprint density at radius 1 is 1.41 bits per heavy atom. The van der Waals surface area contributed by atoms with E-state index in [9.17, 15) is 4.79 Å². The number of carbonyl (C=O) groups is 1. The fourth-order valence-electron chi connectivity index (χ4n) is 1.44. The standard InChI is InChI=1S/C13H20N2O2/c1-8-5-9(15-7-13(2,3)4)6-10(11(8)14)12(16)17/h5-6,15H,7,14H2,1-4H3,(H,16,17). The zero-order valence-electron chi connectivity index (χ0n) is 10.8. The fourth-order valence-corrected chi connectivity index (χ4v) is 1.44. The van der Waals surface area contributed by atoms with Gasteiger partial charge >= 0.3 is 5.97 Å². The summed E-state index contributed by atoms with van der Waals surface area (Å²) in [6.07, 6.45) is 0. The van der Waals surface area contributed by atoms with Crippen LogP contribution >= 0.6 is 0 Å². The Morgan fingerprint density at radius 2 is 2.00 bits per heavy atom. The van der Waals surface area contributed by atoms with Gasteiger partial charge in [-0.25, -0.2) is 4.79 Å². The first kappa shape index (κ1) is 13.4. The van der Waals surface area contributed by atoms with Crippen molar-refractivity contribution in [2.45, 2.75) is 27.7 Å². The zero-order chi connectivity index (χ0) is 13.2. The molecule has 0 aliphatic heterocycles. The van der Waals surface area contributed by atoms with Crippen LogP contribution in [0.5, 0.6) is 0 Å². The van der Waals surface area contributed by atoms with Gasteiger partial charge in [0.15, 0.2) is 0 Å². The van der Waals surface area contributed by atoms with Crippen LogP contribution in [0.15, 0.2) is 12.1 Å². The summed E-state index contributed by atoms with van der Waals surface area (Å²) < 4.78 is 0. The molecule has 1 rings (SSSR count). The lowest BCUT2D eigenvalue weighted by Gasteiger charge is -2.20. The molecule has 94 valence electrons. The summed E-state index contributed by atoms with van der Waals surface area (Å²) in [7, 11) is 0. The van der Waals surface area contributed by atoms with Crippen molar-refractivity contribution in [3.05, 3.63) is 23.3 Å². The quantitative estimate of drug-likeness (QED) is 0.705. The summed E-state index contributed by atoms with van der Waals surface area (Å²) in [5.41, 5.74) is 7.92. The van der Waals surface area contributed by atoms with Gasteiger partial charge in [-0.3, -0.25) is 0 Å². The third-order valence-corrected chi connectivity index (χ3v) is 2.44. The van der Waals surface area contributed by atoms with Gasteiger partial charge in [0, 0.05) is 17.9 Å². The maximum atomic E-state index is 11.0. The normalized spacial score (nSPS) is 11.3. The molecule has 0 atom stereocenters. The molecular formula is C13H20N2O2. The molecule has 0 radical (unpaired) electrons. The average molecular weight is 236 g/mol. The molecule has 17 heavy (non-hydrogen) atoms. The van der Waals surface area contributed by atoms with Gasteiger partial charge in [-0.05, 0) is 30.0 Å². The highest BCUT2D eigenvalue weighted by Gasteiger charge is 2.13. The van der Waals surface area contributed by atoms with E-state index in [1.807, 2.05) is 13.0 Å². The molecule has 0 bridgehead atoms. The second-order valence-electron chi connectivity index (χ2n) is 5.47. The second kappa shape index (κ2) is 4.65. The summed E-state index contributed by atoms with van der Waals surface area (Å²) in [6, 6.07) is 3.45. The van der Waals surface area contributed by atoms with Crippen molar-refractivity contribution >= 4 is 17.3 Å². The lowest BCUT2D eigenvalue weighted by atomic mass is 9.96. The number of hydrogen-bond donors (Lipinski definition) is 3. The smallest absolute Gasteiger partial charge is 0.337 e. The highest BCUT2D eigenvalue weighted by atomic mass is 16.4. The minimum absolute atomic E-state index is 0.138. The Labute approximate surface area is 102 Å². The molecule has 0 aliphatic rings. The summed E-state index contributed by atoms with van der Waals surface area (Å²) >= 11 is 0. The van der Waals surface area contributed by atoms with Gasteiger partial charge in [0.1, 0.15) is 0 Å². The zero-order valence-corrected chi connectivity index (χ0v) is 10.8. The molecule has 0 unspecified atom stereocenters. The Kier molecular flexibility index (Phi) is 3.66. The van der Waals surface area contributed by atoms with Crippen molar-refractivity contribution < 1.29 is 9.90 Å². The summed E-state index contributed by atoms with van der Waals surface area (Å²) in [6.45, 7) is 8.92. The van der Waals surface area contributed by atoms with Crippen LogP contribution in [-0.4, -0.2) is 17.6 Å². The first-order chi connectivity index (χ1) is 7.70. The number of benzene rings is 1. The molecule has 4 N–H and O–H groups in total. The number of carboxylic acids is 1. The van der Waals surface area contributed by atoms with Crippen LogP contribution in [0.2, 0.25) is 0 Å². The molecule has 4 heteroatoms. The monoisotopic (exact) mass is 236 g/mol. The van der Waals surface area contributed by atoms with Crippen molar-refractivity contribution in [1.82, 2.24) is 0 Å². The first-order valence-electron chi connectivity index (χ1n) is 5.58. The van der Waals surface area contributed by atoms with Gasteiger partial charge in [0.2, 0.25) is 0 Å². The first-order valence-corrected chi connectivity index (χ1v) is 5.58. The molecule has 0 saturated carbocycles. The van der Waals surface area contributed by atoms with E-state index in [1.165, 1.54) is 0 Å². The topological polar surface area (TPSA) is 75.3 Å². The molecule has 0 heterocycles. The second-order valence-corrected chi connectivity index (χ2v) is 5.47. The molecule has 4 nitrogen and oxygen atoms in total. The highest BCUT2D eigenvalue weighted by Crippen LogP contribution is 2.24. The van der Waals surface area contributed by atoms with Crippen LogP contribution < -0.4 is 11.1 Å². The van der Waals surface area contributed by atoms with Gasteiger partial charge < -0.3 is 16.2 Å². The van der Waals surface area contributed by atoms with Gasteiger partial charge in [-0.1, -0.05) is 20.8 Å². The molecule has 0 fully saturated rings. The molecule has 1 aromatic carbocycles. The van der Waals surface area contributed by atoms with Crippen LogP contribution in [0.4, 0.5) is 11.4 Å². The molecular weight excluding hydrogens is 216 g/mol. The average Bonchev–Trinajstić information content (AvgIpc) is 2.18. The third kappa shape index (κ3) is 3.66. The Morgan fingerprint density at radius 3 is 2.47 bits per heavy atom. The maximum Gasteiger partial charge on any atom is 0.337 e. The van der Waals surface area contributed by atoms with Gasteiger partial charge in [0.25, 0.3) is 0 Å². The van der Waals surface area contributed by atoms with Crippen molar-refractivity contribution in [2.75, 3.05) is 17.6 Å². The Bertz CT molecular complexity index is 434. The highest BCUT2D eigenvalue weighted by molar-refractivity contribution is 5.95. The minimum atomic E-state index is -0.995. The number of aryl methyl sites for hydroxylation is 1. The van der Waals surface area contributed by atoms with E-state index >= 15 is 0 Å². The van der Waals surface area contributed by atoms with Gasteiger partial charge in [0.05, 0.1) is 5.56 Å². The molecule has 0 aromatic heterocycles. The van der Waals surface area contributed by atoms with Gasteiger partial charge in [-0.2, -0.15) is 0 Å². The van der Waals surface area contributed by atoms with E-state index in [-0.39, 0.29) is 11.0 Å². The Balaban J connectivity index is 2.99. The maximum absolute atomic E-state index is 11.0. The minimum Gasteiger partial charge on any atom is -0.478 e.